The van der Waals surface area contributed by atoms with Gasteiger partial charge >= 0.3 is 0 Å². The van der Waals surface area contributed by atoms with Crippen LogP contribution in [-0.2, 0) is 0 Å². The number of hydrogen-bond acceptors (Lipinski definition) is 3. The molecule has 0 spiro atoms. The highest BCUT2D eigenvalue weighted by Crippen LogP contribution is 2.27. The molecule has 2 aromatic rings. The molecule has 1 heterocycles. The van der Waals surface area contributed by atoms with E-state index in [0.29, 0.717) is 0 Å². The van der Waals surface area contributed by atoms with Gasteiger partial charge in [0.25, 0.3) is 0 Å². The molecule has 88 valence electrons. The van der Waals surface area contributed by atoms with Crippen LogP contribution in [0, 0.1) is 6.92 Å². The molecule has 1 aromatic carbocycles. The molecule has 0 unspecified atom stereocenters. The summed E-state index contributed by atoms with van der Waals surface area (Å²) in [4.78, 5) is 6.71. The number of benzene rings is 1. The molecule has 0 saturated heterocycles. The van der Waals surface area contributed by atoms with E-state index >= 15 is 0 Å². The summed E-state index contributed by atoms with van der Waals surface area (Å²) < 4.78 is 0. The van der Waals surface area contributed by atoms with Gasteiger partial charge in [0.2, 0.25) is 0 Å². The summed E-state index contributed by atoms with van der Waals surface area (Å²) in [7, 11) is 0. The average molecular weight is 244 g/mol. The molecule has 0 aliphatic carbocycles. The fourth-order valence-corrected chi connectivity index (χ4v) is 2.25. The Hall–Kier alpha value is -1.32. The molecular weight excluding hydrogens is 228 g/mol. The van der Waals surface area contributed by atoms with E-state index in [0.717, 1.165) is 10.6 Å². The first-order valence-corrected chi connectivity index (χ1v) is 6.43. The zero-order chi connectivity index (χ0) is 12.3. The molecule has 2 nitrogen and oxygen atoms in total. The van der Waals surface area contributed by atoms with Gasteiger partial charge in [-0.25, -0.2) is 0 Å². The number of nitrogens with two attached hydrogens (primary N) is 1. The van der Waals surface area contributed by atoms with E-state index in [9.17, 15) is 0 Å². The van der Waals surface area contributed by atoms with Crippen LogP contribution in [0.15, 0.2) is 52.4 Å². The molecule has 0 aliphatic heterocycles. The highest BCUT2D eigenvalue weighted by molar-refractivity contribution is 7.99. The summed E-state index contributed by atoms with van der Waals surface area (Å²) in [6.07, 6.45) is 1.88. The standard InChI is InChI=1S/C14H16N2S/c1-10-3-5-12(6-4-10)17-13-7-8-14(11(2)15)16-9-13/h3-9,11H,15H2,1-2H3/t11-/m0/s1. The second-order valence-corrected chi connectivity index (χ2v) is 5.27. The normalized spacial score (nSPS) is 12.4. The van der Waals surface area contributed by atoms with Gasteiger partial charge in [-0.1, -0.05) is 29.5 Å². The predicted molar refractivity (Wildman–Crippen MR) is 72.1 cm³/mol. The van der Waals surface area contributed by atoms with Crippen molar-refractivity contribution in [2.75, 3.05) is 0 Å². The fourth-order valence-electron chi connectivity index (χ4n) is 1.46. The largest absolute Gasteiger partial charge is 0.323 e. The van der Waals surface area contributed by atoms with Crippen LogP contribution < -0.4 is 5.73 Å². The minimum Gasteiger partial charge on any atom is -0.323 e. The molecule has 0 fully saturated rings. The third-order valence-electron chi connectivity index (χ3n) is 2.48. The summed E-state index contributed by atoms with van der Waals surface area (Å²) in [5.41, 5.74) is 7.97. The van der Waals surface area contributed by atoms with Gasteiger partial charge in [0.05, 0.1) is 5.69 Å². The topological polar surface area (TPSA) is 38.9 Å². The van der Waals surface area contributed by atoms with E-state index in [1.165, 1.54) is 10.5 Å². The van der Waals surface area contributed by atoms with Crippen molar-refractivity contribution in [2.24, 2.45) is 5.73 Å². The van der Waals surface area contributed by atoms with Crippen LogP contribution in [-0.4, -0.2) is 4.98 Å². The lowest BCUT2D eigenvalue weighted by atomic mass is 10.2. The smallest absolute Gasteiger partial charge is 0.0569 e. The number of nitrogens with zero attached hydrogens (tertiary/aromatic N) is 1. The second kappa shape index (κ2) is 5.34. The number of hydrogen-bond donors (Lipinski definition) is 1. The van der Waals surface area contributed by atoms with E-state index in [1.54, 1.807) is 11.8 Å². The van der Waals surface area contributed by atoms with E-state index < -0.39 is 0 Å². The molecular formula is C14H16N2S. The van der Waals surface area contributed by atoms with E-state index in [2.05, 4.69) is 42.2 Å². The highest BCUT2D eigenvalue weighted by atomic mass is 32.2. The maximum absolute atomic E-state index is 5.76. The number of pyridine rings is 1. The average Bonchev–Trinajstić information content (AvgIpc) is 2.33. The molecule has 2 rings (SSSR count). The molecule has 3 heteroatoms. The van der Waals surface area contributed by atoms with Gasteiger partial charge in [0.15, 0.2) is 0 Å². The van der Waals surface area contributed by atoms with Crippen LogP contribution in [0.4, 0.5) is 0 Å². The summed E-state index contributed by atoms with van der Waals surface area (Å²) in [6.45, 7) is 4.03. The minimum absolute atomic E-state index is 0.00609. The minimum atomic E-state index is -0.00609. The summed E-state index contributed by atoms with van der Waals surface area (Å²) in [5, 5.41) is 0. The van der Waals surface area contributed by atoms with Crippen LogP contribution in [0.3, 0.4) is 0 Å². The Bertz CT molecular complexity index is 475. The zero-order valence-electron chi connectivity index (χ0n) is 10.1. The van der Waals surface area contributed by atoms with Crippen molar-refractivity contribution in [3.63, 3.8) is 0 Å². The lowest BCUT2D eigenvalue weighted by molar-refractivity contribution is 0.777. The van der Waals surface area contributed by atoms with Crippen molar-refractivity contribution >= 4 is 11.8 Å². The maximum Gasteiger partial charge on any atom is 0.0569 e. The van der Waals surface area contributed by atoms with Crippen molar-refractivity contribution < 1.29 is 0 Å². The number of aromatic nitrogens is 1. The lowest BCUT2D eigenvalue weighted by Crippen LogP contribution is -2.06. The fraction of sp³-hybridized carbons (Fsp3) is 0.214. The van der Waals surface area contributed by atoms with Crippen LogP contribution in [0.2, 0.25) is 0 Å². The SMILES string of the molecule is Cc1ccc(Sc2ccc([C@H](C)N)nc2)cc1. The van der Waals surface area contributed by atoms with Crippen molar-refractivity contribution in [2.45, 2.75) is 29.7 Å². The van der Waals surface area contributed by atoms with Gasteiger partial charge in [0, 0.05) is 22.0 Å². The van der Waals surface area contributed by atoms with Gasteiger partial charge in [-0.05, 0) is 38.1 Å². The number of rotatable bonds is 3. The van der Waals surface area contributed by atoms with Gasteiger partial charge in [-0.2, -0.15) is 0 Å². The second-order valence-electron chi connectivity index (χ2n) is 4.12. The lowest BCUT2D eigenvalue weighted by Gasteiger charge is -2.06. The Morgan fingerprint density at radius 2 is 1.71 bits per heavy atom. The van der Waals surface area contributed by atoms with Gasteiger partial charge in [-0.3, -0.25) is 4.98 Å². The van der Waals surface area contributed by atoms with Crippen molar-refractivity contribution in [1.82, 2.24) is 4.98 Å². The van der Waals surface area contributed by atoms with Gasteiger partial charge < -0.3 is 5.73 Å². The van der Waals surface area contributed by atoms with Crippen LogP contribution >= 0.6 is 11.8 Å². The summed E-state index contributed by atoms with van der Waals surface area (Å²) in [6, 6.07) is 12.5. The van der Waals surface area contributed by atoms with Crippen LogP contribution in [0.25, 0.3) is 0 Å². The third kappa shape index (κ3) is 3.32. The molecule has 1 atom stereocenters. The summed E-state index contributed by atoms with van der Waals surface area (Å²) >= 11 is 1.71. The Morgan fingerprint density at radius 1 is 1.06 bits per heavy atom. The molecule has 2 N–H and O–H groups in total. The molecule has 0 saturated carbocycles. The van der Waals surface area contributed by atoms with E-state index in [1.807, 2.05) is 19.2 Å². The first kappa shape index (κ1) is 12.1. The van der Waals surface area contributed by atoms with E-state index in [-0.39, 0.29) is 6.04 Å². The Labute approximate surface area is 106 Å². The summed E-state index contributed by atoms with van der Waals surface area (Å²) in [5.74, 6) is 0. The molecule has 0 amide bonds. The molecule has 0 radical (unpaired) electrons. The highest BCUT2D eigenvalue weighted by Gasteiger charge is 2.02. The monoisotopic (exact) mass is 244 g/mol. The molecule has 1 aromatic heterocycles. The first-order valence-electron chi connectivity index (χ1n) is 5.61. The predicted octanol–water partition coefficient (Wildman–Crippen LogP) is 3.56. The van der Waals surface area contributed by atoms with Gasteiger partial charge in [0.1, 0.15) is 0 Å². The number of aryl methyl sites for hydroxylation is 1. The molecule has 0 aliphatic rings. The first-order chi connectivity index (χ1) is 8.15. The van der Waals surface area contributed by atoms with Crippen molar-refractivity contribution in [3.8, 4) is 0 Å². The van der Waals surface area contributed by atoms with Crippen LogP contribution in [0.1, 0.15) is 24.2 Å². The van der Waals surface area contributed by atoms with Gasteiger partial charge in [-0.15, -0.1) is 0 Å². The Kier molecular flexibility index (Phi) is 3.82. The van der Waals surface area contributed by atoms with Crippen molar-refractivity contribution in [1.29, 1.82) is 0 Å². The quantitative estimate of drug-likeness (QED) is 0.897. The molecule has 17 heavy (non-hydrogen) atoms. The third-order valence-corrected chi connectivity index (χ3v) is 3.47. The Morgan fingerprint density at radius 3 is 2.24 bits per heavy atom. The Balaban J connectivity index is 2.11. The van der Waals surface area contributed by atoms with E-state index in [4.69, 9.17) is 5.73 Å². The molecule has 0 bridgehead atoms. The zero-order valence-corrected chi connectivity index (χ0v) is 10.9. The van der Waals surface area contributed by atoms with Crippen LogP contribution in [0.5, 0.6) is 0 Å². The van der Waals surface area contributed by atoms with Crippen molar-refractivity contribution in [3.05, 3.63) is 53.9 Å². The maximum atomic E-state index is 5.76.